The lowest BCUT2D eigenvalue weighted by atomic mass is 9.60. The zero-order valence-corrected chi connectivity index (χ0v) is 20.2. The van der Waals surface area contributed by atoms with Crippen molar-refractivity contribution in [3.8, 4) is 0 Å². The summed E-state index contributed by atoms with van der Waals surface area (Å²) in [6.45, 7) is 16.3. The monoisotopic (exact) mass is 414 g/mol. The highest BCUT2D eigenvalue weighted by Crippen LogP contribution is 2.60. The Bertz CT molecular complexity index is 672. The summed E-state index contributed by atoms with van der Waals surface area (Å²) in [6, 6.07) is 0. The average molecular weight is 415 g/mol. The second-order valence-corrected chi connectivity index (χ2v) is 11.4. The molecule has 3 saturated carbocycles. The molecule has 0 aromatic heterocycles. The highest BCUT2D eigenvalue weighted by Gasteiger charge is 2.50. The van der Waals surface area contributed by atoms with Gasteiger partial charge in [-0.15, -0.1) is 0 Å². The first-order valence-corrected chi connectivity index (χ1v) is 12.6. The van der Waals surface area contributed by atoms with Gasteiger partial charge in [-0.05, 0) is 84.7 Å². The highest BCUT2D eigenvalue weighted by atomic mass is 16.3. The first-order chi connectivity index (χ1) is 14.1. The van der Waals surface area contributed by atoms with Gasteiger partial charge in [-0.1, -0.05) is 71.8 Å². The van der Waals surface area contributed by atoms with E-state index in [0.29, 0.717) is 24.2 Å². The largest absolute Gasteiger partial charge is 0.393 e. The van der Waals surface area contributed by atoms with Crippen molar-refractivity contribution in [3.63, 3.8) is 0 Å². The minimum absolute atomic E-state index is 0.419. The average Bonchev–Trinajstić information content (AvgIpc) is 3.04. The summed E-state index contributed by atoms with van der Waals surface area (Å²) in [7, 11) is 0. The molecule has 0 bridgehead atoms. The van der Waals surface area contributed by atoms with E-state index in [2.05, 4.69) is 53.3 Å². The molecule has 170 valence electrons. The molecule has 0 spiro atoms. The number of aliphatic hydroxyl groups is 2. The molecule has 4 unspecified atom stereocenters. The lowest BCUT2D eigenvalue weighted by molar-refractivity contribution is 0.0861. The molecule has 0 amide bonds. The van der Waals surface area contributed by atoms with Crippen LogP contribution in [-0.2, 0) is 0 Å². The summed E-state index contributed by atoms with van der Waals surface area (Å²) >= 11 is 0. The lowest BCUT2D eigenvalue weighted by Crippen LogP contribution is -2.36. The lowest BCUT2D eigenvalue weighted by Gasteiger charge is -2.44. The molecule has 30 heavy (non-hydrogen) atoms. The van der Waals surface area contributed by atoms with Crippen LogP contribution in [-0.4, -0.2) is 22.4 Å². The molecule has 2 heteroatoms. The summed E-state index contributed by atoms with van der Waals surface area (Å²) in [6.07, 6.45) is 13.8. The minimum Gasteiger partial charge on any atom is -0.393 e. The number of hydrogen-bond donors (Lipinski definition) is 2. The summed E-state index contributed by atoms with van der Waals surface area (Å²) in [5.41, 5.74) is 3.87. The van der Waals surface area contributed by atoms with Gasteiger partial charge in [0.1, 0.15) is 0 Å². The van der Waals surface area contributed by atoms with Crippen molar-refractivity contribution in [1.29, 1.82) is 0 Å². The first kappa shape index (κ1) is 23.8. The van der Waals surface area contributed by atoms with E-state index in [1.807, 2.05) is 0 Å². The third kappa shape index (κ3) is 4.96. The molecular formula is C28H46O2. The molecule has 0 heterocycles. The minimum atomic E-state index is -0.597. The van der Waals surface area contributed by atoms with Crippen molar-refractivity contribution in [2.24, 2.45) is 35.0 Å². The summed E-state index contributed by atoms with van der Waals surface area (Å²) < 4.78 is 0. The number of allylic oxidation sites excluding steroid dienone is 3. The van der Waals surface area contributed by atoms with Crippen LogP contribution in [0.15, 0.2) is 35.5 Å². The molecule has 7 atom stereocenters. The Kier molecular flexibility index (Phi) is 7.72. The van der Waals surface area contributed by atoms with Gasteiger partial charge in [-0.3, -0.25) is 0 Å². The molecular weight excluding hydrogens is 368 g/mol. The number of fused-ring (bicyclic) bond motifs is 1. The van der Waals surface area contributed by atoms with Gasteiger partial charge >= 0.3 is 0 Å². The molecule has 3 aliphatic carbocycles. The van der Waals surface area contributed by atoms with Crippen molar-refractivity contribution in [2.75, 3.05) is 0 Å². The van der Waals surface area contributed by atoms with E-state index >= 15 is 0 Å². The SMILES string of the molecule is C=C1/C(=C\C=C2CCC[C@@]3(C)C2CCC3C(C)CCC(C)C(C)C)C[C@@H](O)C[C@@H]1O. The highest BCUT2D eigenvalue weighted by molar-refractivity contribution is 5.38. The maximum atomic E-state index is 10.1. The van der Waals surface area contributed by atoms with Crippen molar-refractivity contribution in [3.05, 3.63) is 35.5 Å². The second-order valence-electron chi connectivity index (χ2n) is 11.4. The van der Waals surface area contributed by atoms with E-state index in [4.69, 9.17) is 0 Å². The van der Waals surface area contributed by atoms with E-state index in [1.54, 1.807) is 5.57 Å². The zero-order chi connectivity index (χ0) is 22.1. The second kappa shape index (κ2) is 9.74. The van der Waals surface area contributed by atoms with E-state index < -0.39 is 12.2 Å². The van der Waals surface area contributed by atoms with E-state index in [-0.39, 0.29) is 0 Å². The summed E-state index contributed by atoms with van der Waals surface area (Å²) in [5.74, 6) is 3.95. The van der Waals surface area contributed by atoms with E-state index in [0.717, 1.165) is 34.8 Å². The van der Waals surface area contributed by atoms with Crippen molar-refractivity contribution in [2.45, 2.75) is 105 Å². The maximum absolute atomic E-state index is 10.1. The third-order valence-corrected chi connectivity index (χ3v) is 9.20. The molecule has 0 aromatic rings. The predicted octanol–water partition coefficient (Wildman–Crippen LogP) is 6.84. The van der Waals surface area contributed by atoms with Gasteiger partial charge in [0.15, 0.2) is 0 Å². The molecule has 0 radical (unpaired) electrons. The molecule has 0 aliphatic heterocycles. The van der Waals surface area contributed by atoms with Crippen LogP contribution in [0, 0.1) is 35.0 Å². The van der Waals surface area contributed by atoms with Gasteiger partial charge in [0.05, 0.1) is 12.2 Å². The van der Waals surface area contributed by atoms with E-state index in [9.17, 15) is 10.2 Å². The Labute approximate surface area is 185 Å². The summed E-state index contributed by atoms with van der Waals surface area (Å²) in [4.78, 5) is 0. The Morgan fingerprint density at radius 2 is 1.83 bits per heavy atom. The van der Waals surface area contributed by atoms with Crippen LogP contribution < -0.4 is 0 Å². The van der Waals surface area contributed by atoms with Gasteiger partial charge in [0.25, 0.3) is 0 Å². The van der Waals surface area contributed by atoms with Crippen molar-refractivity contribution >= 4 is 0 Å². The van der Waals surface area contributed by atoms with Crippen molar-refractivity contribution < 1.29 is 10.2 Å². The first-order valence-electron chi connectivity index (χ1n) is 12.6. The molecule has 3 fully saturated rings. The van der Waals surface area contributed by atoms with Crippen LogP contribution in [0.3, 0.4) is 0 Å². The molecule has 3 aliphatic rings. The maximum Gasteiger partial charge on any atom is 0.0811 e. The Morgan fingerprint density at radius 3 is 2.53 bits per heavy atom. The fourth-order valence-corrected chi connectivity index (χ4v) is 6.74. The Hall–Kier alpha value is -0.860. The van der Waals surface area contributed by atoms with Crippen LogP contribution in [0.4, 0.5) is 0 Å². The summed E-state index contributed by atoms with van der Waals surface area (Å²) in [5, 5.41) is 20.2. The number of rotatable bonds is 6. The number of hydrogen-bond acceptors (Lipinski definition) is 2. The molecule has 2 nitrogen and oxygen atoms in total. The topological polar surface area (TPSA) is 40.5 Å². The van der Waals surface area contributed by atoms with Gasteiger partial charge in [0, 0.05) is 6.42 Å². The third-order valence-electron chi connectivity index (χ3n) is 9.20. The zero-order valence-electron chi connectivity index (χ0n) is 20.2. The quantitative estimate of drug-likeness (QED) is 0.500. The van der Waals surface area contributed by atoms with Crippen LogP contribution in [0.1, 0.15) is 92.4 Å². The van der Waals surface area contributed by atoms with Crippen LogP contribution in [0.5, 0.6) is 0 Å². The molecule has 2 N–H and O–H groups in total. The van der Waals surface area contributed by atoms with Gasteiger partial charge in [-0.2, -0.15) is 0 Å². The van der Waals surface area contributed by atoms with E-state index in [1.165, 1.54) is 44.9 Å². The van der Waals surface area contributed by atoms with Gasteiger partial charge in [-0.25, -0.2) is 0 Å². The fraction of sp³-hybridized carbons (Fsp3) is 0.786. The number of aliphatic hydroxyl groups excluding tert-OH is 2. The normalized spacial score (nSPS) is 39.5. The Morgan fingerprint density at radius 1 is 1.10 bits per heavy atom. The molecule has 0 saturated heterocycles. The smallest absolute Gasteiger partial charge is 0.0811 e. The Balaban J connectivity index is 1.72. The van der Waals surface area contributed by atoms with Crippen LogP contribution in [0.25, 0.3) is 0 Å². The predicted molar refractivity (Wildman–Crippen MR) is 127 cm³/mol. The molecule has 0 aromatic carbocycles. The van der Waals surface area contributed by atoms with Gasteiger partial charge < -0.3 is 10.2 Å². The van der Waals surface area contributed by atoms with Crippen LogP contribution in [0.2, 0.25) is 0 Å². The van der Waals surface area contributed by atoms with Crippen molar-refractivity contribution in [1.82, 2.24) is 0 Å². The van der Waals surface area contributed by atoms with Gasteiger partial charge in [0.2, 0.25) is 0 Å². The fourth-order valence-electron chi connectivity index (χ4n) is 6.74. The van der Waals surface area contributed by atoms with Crippen LogP contribution >= 0.6 is 0 Å². The standard InChI is InChI=1S/C28H46O2/c1-18(2)19(3)9-10-20(4)25-13-14-26-22(8-7-15-28(25,26)6)11-12-23-16-24(29)17-27(30)21(23)5/h11-12,18-20,24-27,29-30H,5,7-10,13-17H2,1-4,6H3/b22-11?,23-12-/t19?,20?,24-,25?,26?,27+,28-/m1/s1. The molecule has 3 rings (SSSR count).